The predicted molar refractivity (Wildman–Crippen MR) is 83.6 cm³/mol. The van der Waals surface area contributed by atoms with E-state index >= 15 is 0 Å². The van der Waals surface area contributed by atoms with Crippen molar-refractivity contribution in [3.8, 4) is 5.75 Å². The number of carbonyl (C=O) groups is 1. The Morgan fingerprint density at radius 3 is 2.77 bits per heavy atom. The summed E-state index contributed by atoms with van der Waals surface area (Å²) >= 11 is 1.28. The van der Waals surface area contributed by atoms with E-state index in [2.05, 4.69) is 4.99 Å². The van der Waals surface area contributed by atoms with Gasteiger partial charge in [-0.1, -0.05) is 23.5 Å². The van der Waals surface area contributed by atoms with Gasteiger partial charge in [0.1, 0.15) is 11.6 Å². The third kappa shape index (κ3) is 2.53. The van der Waals surface area contributed by atoms with E-state index in [1.807, 2.05) is 0 Å². The molecule has 0 unspecified atom stereocenters. The van der Waals surface area contributed by atoms with Gasteiger partial charge in [-0.3, -0.25) is 4.79 Å². The largest absolute Gasteiger partial charge is 0.497 e. The van der Waals surface area contributed by atoms with Crippen LogP contribution in [0.1, 0.15) is 10.4 Å². The fraction of sp³-hybridized carbons (Fsp3) is 0.125. The molecule has 0 bridgehead atoms. The Morgan fingerprint density at radius 2 is 2.05 bits per heavy atom. The summed E-state index contributed by atoms with van der Waals surface area (Å²) in [6.07, 6.45) is 0. The molecule has 0 saturated carbocycles. The Labute approximate surface area is 130 Å². The van der Waals surface area contributed by atoms with Crippen LogP contribution < -0.4 is 9.54 Å². The van der Waals surface area contributed by atoms with Crippen LogP contribution in [0.2, 0.25) is 0 Å². The maximum Gasteiger partial charge on any atom is 0.279 e. The number of hydrogen-bond donors (Lipinski definition) is 0. The molecule has 2 aromatic carbocycles. The molecule has 1 amide bonds. The van der Waals surface area contributed by atoms with E-state index in [0.29, 0.717) is 21.6 Å². The molecule has 0 aliphatic heterocycles. The first-order chi connectivity index (χ1) is 10.6. The number of amides is 1. The van der Waals surface area contributed by atoms with Crippen LogP contribution in [0.15, 0.2) is 47.5 Å². The molecule has 0 spiro atoms. The number of para-hydroxylation sites is 1. The third-order valence-corrected chi connectivity index (χ3v) is 4.38. The first-order valence-corrected chi connectivity index (χ1v) is 7.39. The zero-order valence-corrected chi connectivity index (χ0v) is 12.9. The van der Waals surface area contributed by atoms with Crippen LogP contribution in [0.4, 0.5) is 4.39 Å². The highest BCUT2D eigenvalue weighted by atomic mass is 32.1. The average Bonchev–Trinajstić information content (AvgIpc) is 2.85. The van der Waals surface area contributed by atoms with E-state index in [1.165, 1.54) is 24.5 Å². The molecule has 4 nitrogen and oxygen atoms in total. The number of carbonyl (C=O) groups excluding carboxylic acids is 1. The first kappa shape index (κ1) is 14.5. The van der Waals surface area contributed by atoms with Gasteiger partial charge in [0, 0.05) is 12.6 Å². The number of methoxy groups -OCH3 is 1. The van der Waals surface area contributed by atoms with Crippen LogP contribution in [-0.2, 0) is 7.05 Å². The Morgan fingerprint density at radius 1 is 1.27 bits per heavy atom. The molecule has 0 aliphatic rings. The van der Waals surface area contributed by atoms with Gasteiger partial charge in [0.2, 0.25) is 0 Å². The van der Waals surface area contributed by atoms with Crippen molar-refractivity contribution >= 4 is 27.5 Å². The van der Waals surface area contributed by atoms with Crippen molar-refractivity contribution in [1.29, 1.82) is 0 Å². The van der Waals surface area contributed by atoms with Gasteiger partial charge in [-0.05, 0) is 30.3 Å². The van der Waals surface area contributed by atoms with E-state index in [0.717, 1.165) is 4.70 Å². The molecule has 1 heterocycles. The van der Waals surface area contributed by atoms with Crippen molar-refractivity contribution in [2.75, 3.05) is 7.11 Å². The number of aryl methyl sites for hydroxylation is 1. The Hall–Kier alpha value is -2.47. The van der Waals surface area contributed by atoms with Gasteiger partial charge < -0.3 is 9.30 Å². The van der Waals surface area contributed by atoms with Crippen molar-refractivity contribution in [3.05, 3.63) is 58.6 Å². The van der Waals surface area contributed by atoms with Crippen molar-refractivity contribution in [2.45, 2.75) is 0 Å². The lowest BCUT2D eigenvalue weighted by Crippen LogP contribution is -2.13. The number of hydrogen-bond acceptors (Lipinski definition) is 3. The van der Waals surface area contributed by atoms with Gasteiger partial charge in [0.25, 0.3) is 5.91 Å². The van der Waals surface area contributed by atoms with Crippen LogP contribution in [0.25, 0.3) is 10.2 Å². The van der Waals surface area contributed by atoms with Crippen molar-refractivity contribution in [2.24, 2.45) is 12.0 Å². The van der Waals surface area contributed by atoms with Gasteiger partial charge in [-0.2, -0.15) is 4.99 Å². The molecule has 3 aromatic rings. The van der Waals surface area contributed by atoms with Crippen LogP contribution in [-0.4, -0.2) is 17.6 Å². The number of rotatable bonds is 2. The fourth-order valence-electron chi connectivity index (χ4n) is 2.17. The van der Waals surface area contributed by atoms with Crippen LogP contribution in [0.5, 0.6) is 5.75 Å². The summed E-state index contributed by atoms with van der Waals surface area (Å²) in [5.41, 5.74) is 0.877. The zero-order chi connectivity index (χ0) is 15.7. The highest BCUT2D eigenvalue weighted by molar-refractivity contribution is 7.16. The van der Waals surface area contributed by atoms with Gasteiger partial charge in [-0.15, -0.1) is 0 Å². The Bertz CT molecular complexity index is 927. The highest BCUT2D eigenvalue weighted by Gasteiger charge is 2.10. The lowest BCUT2D eigenvalue weighted by atomic mass is 10.2. The average molecular weight is 316 g/mol. The SMILES string of the molecule is COc1cccc(C(=O)N=c2sc3cccc(F)c3n2C)c1. The monoisotopic (exact) mass is 316 g/mol. The van der Waals surface area contributed by atoms with E-state index in [1.54, 1.807) is 48.0 Å². The lowest BCUT2D eigenvalue weighted by Gasteiger charge is -2.00. The van der Waals surface area contributed by atoms with Crippen molar-refractivity contribution < 1.29 is 13.9 Å². The number of aromatic nitrogens is 1. The van der Waals surface area contributed by atoms with Gasteiger partial charge in [-0.25, -0.2) is 4.39 Å². The normalized spacial score (nSPS) is 11.9. The fourth-order valence-corrected chi connectivity index (χ4v) is 3.20. The molecular weight excluding hydrogens is 303 g/mol. The summed E-state index contributed by atoms with van der Waals surface area (Å²) in [5.74, 6) is -0.124. The second-order valence-corrected chi connectivity index (χ2v) is 5.69. The molecule has 3 rings (SSSR count). The van der Waals surface area contributed by atoms with Gasteiger partial charge in [0.15, 0.2) is 4.80 Å². The summed E-state index contributed by atoms with van der Waals surface area (Å²) in [5, 5.41) is 0. The van der Waals surface area contributed by atoms with Crippen LogP contribution in [0.3, 0.4) is 0 Å². The molecule has 112 valence electrons. The van der Waals surface area contributed by atoms with E-state index in [4.69, 9.17) is 4.74 Å². The summed E-state index contributed by atoms with van der Waals surface area (Å²) in [7, 11) is 3.23. The lowest BCUT2D eigenvalue weighted by molar-refractivity contribution is 0.0997. The molecule has 0 fully saturated rings. The zero-order valence-electron chi connectivity index (χ0n) is 12.0. The second-order valence-electron chi connectivity index (χ2n) is 4.68. The summed E-state index contributed by atoms with van der Waals surface area (Å²) in [4.78, 5) is 16.8. The Kier molecular flexibility index (Phi) is 3.77. The molecule has 22 heavy (non-hydrogen) atoms. The molecule has 1 aromatic heterocycles. The third-order valence-electron chi connectivity index (χ3n) is 3.29. The minimum Gasteiger partial charge on any atom is -0.497 e. The molecular formula is C16H13FN2O2S. The maximum absolute atomic E-state index is 13.9. The second kappa shape index (κ2) is 5.73. The maximum atomic E-state index is 13.9. The summed E-state index contributed by atoms with van der Waals surface area (Å²) < 4.78 is 21.3. The molecule has 0 radical (unpaired) electrons. The number of fused-ring (bicyclic) bond motifs is 1. The smallest absolute Gasteiger partial charge is 0.279 e. The topological polar surface area (TPSA) is 43.6 Å². The molecule has 0 saturated heterocycles. The van der Waals surface area contributed by atoms with E-state index in [-0.39, 0.29) is 11.7 Å². The standard InChI is InChI=1S/C16H13FN2O2S/c1-19-14-12(17)7-4-8-13(14)22-16(19)18-15(20)10-5-3-6-11(9-10)21-2/h3-9H,1-2H3. The molecule has 0 aliphatic carbocycles. The summed E-state index contributed by atoms with van der Waals surface area (Å²) in [6.45, 7) is 0. The van der Waals surface area contributed by atoms with Crippen molar-refractivity contribution in [3.63, 3.8) is 0 Å². The van der Waals surface area contributed by atoms with Gasteiger partial charge in [0.05, 0.1) is 17.3 Å². The van der Waals surface area contributed by atoms with Gasteiger partial charge >= 0.3 is 0 Å². The predicted octanol–water partition coefficient (Wildman–Crippen LogP) is 3.13. The minimum absolute atomic E-state index is 0.327. The number of benzene rings is 2. The first-order valence-electron chi connectivity index (χ1n) is 6.57. The minimum atomic E-state index is -0.388. The quantitative estimate of drug-likeness (QED) is 0.729. The summed E-state index contributed by atoms with van der Waals surface area (Å²) in [6, 6.07) is 11.6. The molecule has 0 atom stereocenters. The number of nitrogens with zero attached hydrogens (tertiary/aromatic N) is 2. The molecule has 0 N–H and O–H groups in total. The van der Waals surface area contributed by atoms with E-state index < -0.39 is 0 Å². The Balaban J connectivity index is 2.10. The highest BCUT2D eigenvalue weighted by Crippen LogP contribution is 2.19. The number of halogens is 1. The van der Waals surface area contributed by atoms with E-state index in [9.17, 15) is 9.18 Å². The number of thiazole rings is 1. The number of ether oxygens (including phenoxy) is 1. The van der Waals surface area contributed by atoms with Crippen molar-refractivity contribution in [1.82, 2.24) is 4.57 Å². The molecule has 6 heteroatoms. The van der Waals surface area contributed by atoms with Crippen LogP contribution in [0, 0.1) is 5.82 Å². The van der Waals surface area contributed by atoms with Crippen LogP contribution >= 0.6 is 11.3 Å².